The van der Waals surface area contributed by atoms with Crippen molar-refractivity contribution in [3.05, 3.63) is 75.8 Å². The van der Waals surface area contributed by atoms with Gasteiger partial charge in [-0.05, 0) is 43.6 Å². The summed E-state index contributed by atoms with van der Waals surface area (Å²) in [6.07, 6.45) is 2.36. The Balaban J connectivity index is 1.68. The Morgan fingerprint density at radius 1 is 1.08 bits per heavy atom. The largest absolute Gasteiger partial charge is 0.350 e. The number of benzene rings is 2. The highest BCUT2D eigenvalue weighted by atomic mass is 16.6. The van der Waals surface area contributed by atoms with Crippen LogP contribution in [0.3, 0.4) is 0 Å². The highest BCUT2D eigenvalue weighted by Crippen LogP contribution is 2.24. The van der Waals surface area contributed by atoms with Crippen LogP contribution in [-0.2, 0) is 0 Å². The first-order chi connectivity index (χ1) is 12.1. The molecule has 0 aromatic heterocycles. The van der Waals surface area contributed by atoms with Crippen LogP contribution in [0.15, 0.2) is 54.6 Å². The minimum atomic E-state index is -0.472. The van der Waals surface area contributed by atoms with Gasteiger partial charge >= 0.3 is 0 Å². The van der Waals surface area contributed by atoms with Crippen LogP contribution in [0.25, 0.3) is 0 Å². The van der Waals surface area contributed by atoms with Gasteiger partial charge in [-0.2, -0.15) is 0 Å². The van der Waals surface area contributed by atoms with E-state index in [0.717, 1.165) is 13.1 Å². The highest BCUT2D eigenvalue weighted by Gasteiger charge is 2.24. The zero-order chi connectivity index (χ0) is 17.6. The third-order valence-electron chi connectivity index (χ3n) is 4.56. The molecule has 1 aliphatic rings. The average molecular weight is 339 g/mol. The van der Waals surface area contributed by atoms with E-state index in [0.29, 0.717) is 12.1 Å². The molecule has 1 aliphatic heterocycles. The van der Waals surface area contributed by atoms with Gasteiger partial charge in [0.2, 0.25) is 0 Å². The number of nitro benzene ring substituents is 1. The van der Waals surface area contributed by atoms with Gasteiger partial charge in [-0.3, -0.25) is 19.8 Å². The first-order valence-electron chi connectivity index (χ1n) is 8.47. The lowest BCUT2D eigenvalue weighted by Gasteiger charge is -2.28. The van der Waals surface area contributed by atoms with E-state index in [1.54, 1.807) is 0 Å². The SMILES string of the molecule is O=C(NCC(c1ccccc1)N1CCCC1)c1ccc([N+](=O)[O-])cc1. The van der Waals surface area contributed by atoms with Gasteiger partial charge in [0.1, 0.15) is 0 Å². The Labute approximate surface area is 146 Å². The van der Waals surface area contributed by atoms with E-state index in [1.807, 2.05) is 18.2 Å². The number of rotatable bonds is 6. The van der Waals surface area contributed by atoms with Crippen molar-refractivity contribution in [2.75, 3.05) is 19.6 Å². The number of carbonyl (C=O) groups is 1. The van der Waals surface area contributed by atoms with Gasteiger partial charge in [-0.15, -0.1) is 0 Å². The molecule has 0 spiro atoms. The molecule has 1 fully saturated rings. The molecule has 25 heavy (non-hydrogen) atoms. The Morgan fingerprint density at radius 3 is 2.32 bits per heavy atom. The molecule has 1 unspecified atom stereocenters. The van der Waals surface area contributed by atoms with Gasteiger partial charge in [0.25, 0.3) is 11.6 Å². The maximum Gasteiger partial charge on any atom is 0.269 e. The summed E-state index contributed by atoms with van der Waals surface area (Å²) in [5.41, 5.74) is 1.60. The van der Waals surface area contributed by atoms with Crippen molar-refractivity contribution in [1.82, 2.24) is 10.2 Å². The molecule has 1 heterocycles. The third-order valence-corrected chi connectivity index (χ3v) is 4.56. The highest BCUT2D eigenvalue weighted by molar-refractivity contribution is 5.94. The summed E-state index contributed by atoms with van der Waals surface area (Å²) in [4.78, 5) is 25.0. The molecule has 130 valence electrons. The molecule has 2 aromatic rings. The standard InChI is InChI=1S/C19H21N3O3/c23-19(16-8-10-17(11-9-16)22(24)25)20-14-18(21-12-4-5-13-21)15-6-2-1-3-7-15/h1-3,6-11,18H,4-5,12-14H2,(H,20,23). The van der Waals surface area contributed by atoms with Crippen LogP contribution in [0.1, 0.15) is 34.8 Å². The van der Waals surface area contributed by atoms with E-state index in [1.165, 1.54) is 42.7 Å². The summed E-state index contributed by atoms with van der Waals surface area (Å²) in [5, 5.41) is 13.7. The molecule has 2 aromatic carbocycles. The number of nitrogens with one attached hydrogen (secondary N) is 1. The minimum absolute atomic E-state index is 0.0178. The lowest BCUT2D eigenvalue weighted by molar-refractivity contribution is -0.384. The van der Waals surface area contributed by atoms with Crippen LogP contribution in [0.2, 0.25) is 0 Å². The van der Waals surface area contributed by atoms with E-state index < -0.39 is 4.92 Å². The number of nitro groups is 1. The van der Waals surface area contributed by atoms with Crippen molar-refractivity contribution in [1.29, 1.82) is 0 Å². The molecule has 1 saturated heterocycles. The van der Waals surface area contributed by atoms with Crippen molar-refractivity contribution in [2.45, 2.75) is 18.9 Å². The van der Waals surface area contributed by atoms with Gasteiger partial charge < -0.3 is 5.32 Å². The molecule has 6 nitrogen and oxygen atoms in total. The normalized spacial score (nSPS) is 15.7. The number of hydrogen-bond acceptors (Lipinski definition) is 4. The van der Waals surface area contributed by atoms with Crippen LogP contribution in [0.4, 0.5) is 5.69 Å². The average Bonchev–Trinajstić information content (AvgIpc) is 3.17. The molecule has 0 bridgehead atoms. The van der Waals surface area contributed by atoms with Crippen molar-refractivity contribution in [3.63, 3.8) is 0 Å². The van der Waals surface area contributed by atoms with Gasteiger partial charge in [-0.25, -0.2) is 0 Å². The second-order valence-electron chi connectivity index (χ2n) is 6.18. The van der Waals surface area contributed by atoms with Crippen molar-refractivity contribution < 1.29 is 9.72 Å². The molecule has 0 saturated carbocycles. The molecule has 6 heteroatoms. The van der Waals surface area contributed by atoms with Crippen LogP contribution in [-0.4, -0.2) is 35.4 Å². The first kappa shape index (κ1) is 17.1. The Bertz CT molecular complexity index is 725. The van der Waals surface area contributed by atoms with Crippen LogP contribution >= 0.6 is 0 Å². The summed E-state index contributed by atoms with van der Waals surface area (Å²) >= 11 is 0. The topological polar surface area (TPSA) is 75.5 Å². The smallest absolute Gasteiger partial charge is 0.269 e. The maximum absolute atomic E-state index is 12.4. The van der Waals surface area contributed by atoms with Gasteiger partial charge in [0, 0.05) is 24.2 Å². The zero-order valence-corrected chi connectivity index (χ0v) is 13.9. The van der Waals surface area contributed by atoms with E-state index in [4.69, 9.17) is 0 Å². The van der Waals surface area contributed by atoms with Crippen LogP contribution in [0, 0.1) is 10.1 Å². The molecule has 3 rings (SSSR count). The molecule has 0 radical (unpaired) electrons. The molecule has 1 N–H and O–H groups in total. The fourth-order valence-electron chi connectivity index (χ4n) is 3.21. The van der Waals surface area contributed by atoms with Crippen LogP contribution in [0.5, 0.6) is 0 Å². The summed E-state index contributed by atoms with van der Waals surface area (Å²) in [6, 6.07) is 16.0. The van der Waals surface area contributed by atoms with Gasteiger partial charge in [0.15, 0.2) is 0 Å². The fourth-order valence-corrected chi connectivity index (χ4v) is 3.21. The van der Waals surface area contributed by atoms with Gasteiger partial charge in [0.05, 0.1) is 11.0 Å². The predicted octanol–water partition coefficient (Wildman–Crippen LogP) is 3.16. The monoisotopic (exact) mass is 339 g/mol. The maximum atomic E-state index is 12.4. The van der Waals surface area contributed by atoms with Gasteiger partial charge in [-0.1, -0.05) is 30.3 Å². The molecule has 0 aliphatic carbocycles. The number of non-ortho nitro benzene ring substituents is 1. The summed E-state index contributed by atoms with van der Waals surface area (Å²) in [7, 11) is 0. The second kappa shape index (κ2) is 7.90. The quantitative estimate of drug-likeness (QED) is 0.648. The predicted molar refractivity (Wildman–Crippen MR) is 95.4 cm³/mol. The van der Waals surface area contributed by atoms with Crippen molar-refractivity contribution in [2.24, 2.45) is 0 Å². The fraction of sp³-hybridized carbons (Fsp3) is 0.316. The summed E-state index contributed by atoms with van der Waals surface area (Å²) < 4.78 is 0. The van der Waals surface area contributed by atoms with Crippen molar-refractivity contribution >= 4 is 11.6 Å². The number of carbonyl (C=O) groups excluding carboxylic acids is 1. The Kier molecular flexibility index (Phi) is 5.40. The van der Waals surface area contributed by atoms with E-state index in [9.17, 15) is 14.9 Å². The van der Waals surface area contributed by atoms with Crippen LogP contribution < -0.4 is 5.32 Å². The Morgan fingerprint density at radius 2 is 1.72 bits per heavy atom. The lowest BCUT2D eigenvalue weighted by Crippen LogP contribution is -2.36. The van der Waals surface area contributed by atoms with E-state index in [2.05, 4.69) is 22.3 Å². The zero-order valence-electron chi connectivity index (χ0n) is 13.9. The number of amides is 1. The molecular formula is C19H21N3O3. The summed E-state index contributed by atoms with van der Waals surface area (Å²) in [5.74, 6) is -0.213. The third kappa shape index (κ3) is 4.22. The summed E-state index contributed by atoms with van der Waals surface area (Å²) in [6.45, 7) is 2.58. The Hall–Kier alpha value is -2.73. The second-order valence-corrected chi connectivity index (χ2v) is 6.18. The molecular weight excluding hydrogens is 318 g/mol. The number of hydrogen-bond donors (Lipinski definition) is 1. The van der Waals surface area contributed by atoms with Crippen molar-refractivity contribution in [3.8, 4) is 0 Å². The van der Waals surface area contributed by atoms with E-state index >= 15 is 0 Å². The minimum Gasteiger partial charge on any atom is -0.350 e. The van der Waals surface area contributed by atoms with E-state index in [-0.39, 0.29) is 17.6 Å². The first-order valence-corrected chi connectivity index (χ1v) is 8.47. The molecule has 1 amide bonds. The number of nitrogens with zero attached hydrogens (tertiary/aromatic N) is 2. The molecule has 1 atom stereocenters. The lowest BCUT2D eigenvalue weighted by atomic mass is 10.1. The number of likely N-dealkylation sites (tertiary alicyclic amines) is 1.